The van der Waals surface area contributed by atoms with Gasteiger partial charge in [0, 0.05) is 6.04 Å². The predicted molar refractivity (Wildman–Crippen MR) is 71.6 cm³/mol. The SMILES string of the molecule is CCCCNCC[C@@H](N)CC1CCCCC1. The molecule has 0 amide bonds. The smallest absolute Gasteiger partial charge is 0.00535 e. The molecule has 3 N–H and O–H groups in total. The van der Waals surface area contributed by atoms with Crippen molar-refractivity contribution in [3.63, 3.8) is 0 Å². The molecule has 0 saturated heterocycles. The molecule has 0 spiro atoms. The van der Waals surface area contributed by atoms with Gasteiger partial charge >= 0.3 is 0 Å². The highest BCUT2D eigenvalue weighted by Gasteiger charge is 2.16. The van der Waals surface area contributed by atoms with Crippen molar-refractivity contribution in [2.45, 2.75) is 70.8 Å². The fraction of sp³-hybridized carbons (Fsp3) is 1.00. The number of rotatable bonds is 8. The fourth-order valence-corrected chi connectivity index (χ4v) is 2.68. The lowest BCUT2D eigenvalue weighted by Crippen LogP contribution is -2.29. The molecule has 96 valence electrons. The summed E-state index contributed by atoms with van der Waals surface area (Å²) < 4.78 is 0. The van der Waals surface area contributed by atoms with Crippen molar-refractivity contribution < 1.29 is 0 Å². The molecular formula is C14H30N2. The van der Waals surface area contributed by atoms with Gasteiger partial charge in [0.15, 0.2) is 0 Å². The van der Waals surface area contributed by atoms with Crippen LogP contribution in [-0.2, 0) is 0 Å². The summed E-state index contributed by atoms with van der Waals surface area (Å²) in [7, 11) is 0. The molecule has 0 radical (unpaired) electrons. The molecule has 0 bridgehead atoms. The second kappa shape index (κ2) is 9.00. The molecule has 1 aliphatic carbocycles. The molecule has 0 heterocycles. The maximum atomic E-state index is 6.18. The van der Waals surface area contributed by atoms with Crippen LogP contribution >= 0.6 is 0 Å². The summed E-state index contributed by atoms with van der Waals surface area (Å²) in [6.45, 7) is 4.50. The molecule has 1 rings (SSSR count). The van der Waals surface area contributed by atoms with Crippen molar-refractivity contribution in [2.24, 2.45) is 11.7 Å². The van der Waals surface area contributed by atoms with Crippen LogP contribution in [0, 0.1) is 5.92 Å². The van der Waals surface area contributed by atoms with Crippen molar-refractivity contribution in [1.29, 1.82) is 0 Å². The van der Waals surface area contributed by atoms with E-state index < -0.39 is 0 Å². The number of unbranched alkanes of at least 4 members (excludes halogenated alkanes) is 1. The largest absolute Gasteiger partial charge is 0.328 e. The summed E-state index contributed by atoms with van der Waals surface area (Å²) in [6.07, 6.45) is 12.2. The van der Waals surface area contributed by atoms with Crippen LogP contribution in [0.25, 0.3) is 0 Å². The maximum absolute atomic E-state index is 6.18. The monoisotopic (exact) mass is 226 g/mol. The number of nitrogens with one attached hydrogen (secondary N) is 1. The average Bonchev–Trinajstić information content (AvgIpc) is 2.30. The van der Waals surface area contributed by atoms with Gasteiger partial charge in [-0.3, -0.25) is 0 Å². The Bertz CT molecular complexity index is 153. The molecule has 0 aromatic carbocycles. The van der Waals surface area contributed by atoms with Gasteiger partial charge in [-0.15, -0.1) is 0 Å². The standard InChI is InChI=1S/C14H30N2/c1-2-3-10-16-11-9-14(15)12-13-7-5-4-6-8-13/h13-14,16H,2-12,15H2,1H3/t14-/m1/s1. The predicted octanol–water partition coefficient (Wildman–Crippen LogP) is 3.06. The van der Waals surface area contributed by atoms with Crippen LogP contribution in [0.1, 0.15) is 64.7 Å². The molecule has 0 aliphatic heterocycles. The summed E-state index contributed by atoms with van der Waals surface area (Å²) >= 11 is 0. The van der Waals surface area contributed by atoms with Crippen LogP contribution in [0.3, 0.4) is 0 Å². The van der Waals surface area contributed by atoms with E-state index in [9.17, 15) is 0 Å². The topological polar surface area (TPSA) is 38.0 Å². The minimum absolute atomic E-state index is 0.428. The molecular weight excluding hydrogens is 196 g/mol. The van der Waals surface area contributed by atoms with Crippen LogP contribution in [0.4, 0.5) is 0 Å². The zero-order valence-corrected chi connectivity index (χ0v) is 11.0. The van der Waals surface area contributed by atoms with Crippen LogP contribution in [0.2, 0.25) is 0 Å². The highest BCUT2D eigenvalue weighted by atomic mass is 14.8. The third-order valence-electron chi connectivity index (χ3n) is 3.76. The van der Waals surface area contributed by atoms with E-state index in [1.165, 1.54) is 51.4 Å². The minimum Gasteiger partial charge on any atom is -0.328 e. The molecule has 2 nitrogen and oxygen atoms in total. The van der Waals surface area contributed by atoms with Gasteiger partial charge in [-0.25, -0.2) is 0 Å². The molecule has 0 aromatic rings. The maximum Gasteiger partial charge on any atom is 0.00535 e. The van der Waals surface area contributed by atoms with E-state index in [0.717, 1.165) is 25.4 Å². The third-order valence-corrected chi connectivity index (χ3v) is 3.76. The Morgan fingerprint density at radius 2 is 1.94 bits per heavy atom. The minimum atomic E-state index is 0.428. The first-order valence-electron chi connectivity index (χ1n) is 7.29. The Morgan fingerprint density at radius 3 is 2.62 bits per heavy atom. The lowest BCUT2D eigenvalue weighted by molar-refractivity contribution is 0.311. The lowest BCUT2D eigenvalue weighted by Gasteiger charge is -2.24. The number of hydrogen-bond acceptors (Lipinski definition) is 2. The van der Waals surface area contributed by atoms with Gasteiger partial charge < -0.3 is 11.1 Å². The van der Waals surface area contributed by atoms with E-state index in [1.54, 1.807) is 0 Å². The summed E-state index contributed by atoms with van der Waals surface area (Å²) in [5, 5.41) is 3.47. The van der Waals surface area contributed by atoms with E-state index in [1.807, 2.05) is 0 Å². The molecule has 2 heteroatoms. The molecule has 16 heavy (non-hydrogen) atoms. The summed E-state index contributed by atoms with van der Waals surface area (Å²) in [5.41, 5.74) is 6.18. The van der Waals surface area contributed by atoms with Crippen LogP contribution < -0.4 is 11.1 Å². The van der Waals surface area contributed by atoms with Crippen LogP contribution in [0.15, 0.2) is 0 Å². The second-order valence-corrected chi connectivity index (χ2v) is 5.39. The van der Waals surface area contributed by atoms with E-state index >= 15 is 0 Å². The molecule has 1 fully saturated rings. The van der Waals surface area contributed by atoms with Gasteiger partial charge in [0.1, 0.15) is 0 Å². The fourth-order valence-electron chi connectivity index (χ4n) is 2.68. The summed E-state index contributed by atoms with van der Waals surface area (Å²) in [4.78, 5) is 0. The Balaban J connectivity index is 1.95. The van der Waals surface area contributed by atoms with Gasteiger partial charge in [0.05, 0.1) is 0 Å². The molecule has 1 aliphatic rings. The van der Waals surface area contributed by atoms with Crippen LogP contribution in [-0.4, -0.2) is 19.1 Å². The van der Waals surface area contributed by atoms with Gasteiger partial charge in [0.25, 0.3) is 0 Å². The Hall–Kier alpha value is -0.0800. The van der Waals surface area contributed by atoms with Crippen molar-refractivity contribution in [3.05, 3.63) is 0 Å². The Morgan fingerprint density at radius 1 is 1.19 bits per heavy atom. The van der Waals surface area contributed by atoms with Crippen molar-refractivity contribution >= 4 is 0 Å². The van der Waals surface area contributed by atoms with Crippen molar-refractivity contribution in [2.75, 3.05) is 13.1 Å². The lowest BCUT2D eigenvalue weighted by atomic mass is 9.84. The zero-order valence-electron chi connectivity index (χ0n) is 11.0. The van der Waals surface area contributed by atoms with E-state index in [2.05, 4.69) is 12.2 Å². The number of nitrogens with two attached hydrogens (primary N) is 1. The average molecular weight is 226 g/mol. The zero-order chi connectivity index (χ0) is 11.6. The first-order valence-corrected chi connectivity index (χ1v) is 7.29. The molecule has 0 unspecified atom stereocenters. The highest BCUT2D eigenvalue weighted by Crippen LogP contribution is 2.27. The first-order chi connectivity index (χ1) is 7.83. The van der Waals surface area contributed by atoms with Crippen molar-refractivity contribution in [1.82, 2.24) is 5.32 Å². The third kappa shape index (κ3) is 6.49. The number of hydrogen-bond donors (Lipinski definition) is 2. The molecule has 1 atom stereocenters. The normalized spacial score (nSPS) is 19.9. The van der Waals surface area contributed by atoms with E-state index in [-0.39, 0.29) is 0 Å². The second-order valence-electron chi connectivity index (χ2n) is 5.39. The van der Waals surface area contributed by atoms with Gasteiger partial charge in [-0.05, 0) is 38.3 Å². The molecule has 1 saturated carbocycles. The van der Waals surface area contributed by atoms with Gasteiger partial charge in [0.2, 0.25) is 0 Å². The molecule has 0 aromatic heterocycles. The van der Waals surface area contributed by atoms with Gasteiger partial charge in [-0.2, -0.15) is 0 Å². The van der Waals surface area contributed by atoms with E-state index in [4.69, 9.17) is 5.73 Å². The van der Waals surface area contributed by atoms with Crippen molar-refractivity contribution in [3.8, 4) is 0 Å². The quantitative estimate of drug-likeness (QED) is 0.624. The summed E-state index contributed by atoms with van der Waals surface area (Å²) in [6, 6.07) is 0.428. The highest BCUT2D eigenvalue weighted by molar-refractivity contribution is 4.72. The Labute approximate surface area is 101 Å². The Kier molecular flexibility index (Phi) is 7.87. The first kappa shape index (κ1) is 14.0. The summed E-state index contributed by atoms with van der Waals surface area (Å²) in [5.74, 6) is 0.930. The van der Waals surface area contributed by atoms with Gasteiger partial charge in [-0.1, -0.05) is 45.4 Å². The van der Waals surface area contributed by atoms with Crippen LogP contribution in [0.5, 0.6) is 0 Å². The van der Waals surface area contributed by atoms with E-state index in [0.29, 0.717) is 6.04 Å².